The first-order valence-corrected chi connectivity index (χ1v) is 7.71. The Labute approximate surface area is 101 Å². The van der Waals surface area contributed by atoms with Crippen molar-refractivity contribution in [2.45, 2.75) is 11.6 Å². The molecule has 102 valence electrons. The molecule has 0 saturated heterocycles. The highest BCUT2D eigenvalue weighted by Gasteiger charge is 2.62. The predicted octanol–water partition coefficient (Wildman–Crippen LogP) is -1.32. The number of hydrogen-bond acceptors (Lipinski definition) is 4. The van der Waals surface area contributed by atoms with Crippen molar-refractivity contribution >= 4 is 15.2 Å². The summed E-state index contributed by atoms with van der Waals surface area (Å²) in [6.45, 7) is -1.07. The first kappa shape index (κ1) is 15.3. The van der Waals surface area contributed by atoms with Gasteiger partial charge in [-0.15, -0.1) is 0 Å². The lowest BCUT2D eigenvalue weighted by Crippen LogP contribution is -2.47. The average Bonchev–Trinajstić information content (AvgIpc) is 2.13. The van der Waals surface area contributed by atoms with Crippen molar-refractivity contribution in [3.63, 3.8) is 0 Å². The summed E-state index contributed by atoms with van der Waals surface area (Å²) in [5.74, 6) is -0.295. The van der Waals surface area contributed by atoms with Crippen LogP contribution in [0.25, 0.3) is 0 Å². The van der Waals surface area contributed by atoms with Crippen LogP contribution in [0.5, 0.6) is 5.75 Å². The largest absolute Gasteiger partial charge is 0.503 e. The van der Waals surface area contributed by atoms with Crippen LogP contribution in [0.4, 0.5) is 0 Å². The average molecular weight is 300 g/mol. The molecule has 0 fully saturated rings. The molecule has 6 N–H and O–H groups in total. The van der Waals surface area contributed by atoms with Crippen molar-refractivity contribution in [2.75, 3.05) is 0 Å². The van der Waals surface area contributed by atoms with Gasteiger partial charge in [0.25, 0.3) is 0 Å². The topological polar surface area (TPSA) is 159 Å². The molecule has 11 heteroatoms. The zero-order valence-electron chi connectivity index (χ0n) is 8.86. The fraction of sp³-hybridized carbons (Fsp3) is 0.286. The molecule has 0 unspecified atom stereocenters. The summed E-state index contributed by atoms with van der Waals surface area (Å²) in [5, 5.41) is 15.2. The van der Waals surface area contributed by atoms with E-state index < -0.39 is 26.8 Å². The second kappa shape index (κ2) is 4.71. The molecule has 0 aliphatic carbocycles. The fourth-order valence-electron chi connectivity index (χ4n) is 1.21. The maximum atomic E-state index is 11.1. The van der Waals surface area contributed by atoms with Gasteiger partial charge in [-0.05, 0) is 6.07 Å². The zero-order chi connectivity index (χ0) is 14.2. The van der Waals surface area contributed by atoms with Gasteiger partial charge in [-0.2, -0.15) is 4.57 Å². The molecule has 18 heavy (non-hydrogen) atoms. The lowest BCUT2D eigenvalue weighted by molar-refractivity contribution is -0.703. The van der Waals surface area contributed by atoms with Gasteiger partial charge in [0.15, 0.2) is 11.9 Å². The van der Waals surface area contributed by atoms with Crippen LogP contribution in [0, 0.1) is 0 Å². The maximum Gasteiger partial charge on any atom is 0.376 e. The van der Waals surface area contributed by atoms with Crippen molar-refractivity contribution < 1.29 is 43.5 Å². The molecule has 1 aromatic rings. The van der Waals surface area contributed by atoms with E-state index in [0.717, 1.165) is 10.8 Å². The van der Waals surface area contributed by atoms with E-state index in [2.05, 4.69) is 0 Å². The molecule has 0 aromatic carbocycles. The molecule has 0 aliphatic rings. The number of aromatic nitrogens is 1. The standard InChI is InChI=1S/C7H11NO8P2/c9-6-2-1-3-8(4-6)5-7(10,17(11,12)13)18(14,15)16/h1-4,10H,5H2,(H4-,9,11,12,13,14,15,16)/p+1. The van der Waals surface area contributed by atoms with Crippen molar-refractivity contribution in [3.05, 3.63) is 24.5 Å². The molecule has 0 aliphatic heterocycles. The molecule has 1 rings (SSSR count). The predicted molar refractivity (Wildman–Crippen MR) is 57.3 cm³/mol. The van der Waals surface area contributed by atoms with E-state index in [4.69, 9.17) is 24.7 Å². The van der Waals surface area contributed by atoms with Crippen LogP contribution in [0.1, 0.15) is 0 Å². The van der Waals surface area contributed by atoms with Crippen LogP contribution in [-0.2, 0) is 15.7 Å². The van der Waals surface area contributed by atoms with Crippen LogP contribution in [0.15, 0.2) is 24.5 Å². The van der Waals surface area contributed by atoms with E-state index in [1.54, 1.807) is 0 Å². The molecule has 0 amide bonds. The summed E-state index contributed by atoms with van der Waals surface area (Å²) >= 11 is 0. The molecule has 1 heterocycles. The lowest BCUT2D eigenvalue weighted by Gasteiger charge is -2.26. The van der Waals surface area contributed by atoms with Crippen LogP contribution in [0.2, 0.25) is 0 Å². The smallest absolute Gasteiger partial charge is 0.376 e. The van der Waals surface area contributed by atoms with Crippen molar-refractivity contribution in [1.82, 2.24) is 0 Å². The normalized spacial score (nSPS) is 13.6. The fourth-order valence-corrected chi connectivity index (χ4v) is 3.26. The molecule has 1 aromatic heterocycles. The van der Waals surface area contributed by atoms with Crippen LogP contribution < -0.4 is 4.57 Å². The minimum Gasteiger partial charge on any atom is -0.503 e. The van der Waals surface area contributed by atoms with Crippen molar-refractivity contribution in [1.29, 1.82) is 0 Å². The lowest BCUT2D eigenvalue weighted by atomic mass is 10.4. The molecule has 0 radical (unpaired) electrons. The molecule has 0 atom stereocenters. The van der Waals surface area contributed by atoms with Gasteiger partial charge >= 0.3 is 20.3 Å². The monoisotopic (exact) mass is 300 g/mol. The second-order valence-electron chi connectivity index (χ2n) is 3.60. The first-order valence-electron chi connectivity index (χ1n) is 4.49. The van der Waals surface area contributed by atoms with Gasteiger partial charge in [0.1, 0.15) is 0 Å². The number of rotatable bonds is 4. The number of hydrogen-bond donors (Lipinski definition) is 6. The highest BCUT2D eigenvalue weighted by atomic mass is 31.2. The first-order chi connectivity index (χ1) is 7.97. The highest BCUT2D eigenvalue weighted by Crippen LogP contribution is 2.67. The van der Waals surface area contributed by atoms with Crippen LogP contribution in [0.3, 0.4) is 0 Å². The Morgan fingerprint density at radius 1 is 1.17 bits per heavy atom. The zero-order valence-corrected chi connectivity index (χ0v) is 10.6. The minimum atomic E-state index is -5.50. The molecule has 0 bridgehead atoms. The highest BCUT2D eigenvalue weighted by molar-refractivity contribution is 7.72. The third-order valence-electron chi connectivity index (χ3n) is 2.17. The van der Waals surface area contributed by atoms with Crippen LogP contribution in [-0.4, -0.2) is 34.9 Å². The molecular weight excluding hydrogens is 288 g/mol. The summed E-state index contributed by atoms with van der Waals surface area (Å²) in [4.78, 5) is 35.6. The van der Waals surface area contributed by atoms with Gasteiger partial charge in [-0.3, -0.25) is 9.13 Å². The van der Waals surface area contributed by atoms with E-state index in [1.807, 2.05) is 0 Å². The second-order valence-corrected chi connectivity index (χ2v) is 7.61. The number of aliphatic hydroxyl groups is 1. The summed E-state index contributed by atoms with van der Waals surface area (Å²) in [6, 6.07) is 2.51. The Bertz CT molecular complexity index is 512. The number of nitrogens with zero attached hydrogens (tertiary/aromatic N) is 1. The van der Waals surface area contributed by atoms with Crippen molar-refractivity contribution in [2.24, 2.45) is 0 Å². The third kappa shape index (κ3) is 2.96. The van der Waals surface area contributed by atoms with Gasteiger partial charge < -0.3 is 29.8 Å². The minimum absolute atomic E-state index is 0.295. The Balaban J connectivity index is 3.25. The number of pyridine rings is 1. The van der Waals surface area contributed by atoms with Gasteiger partial charge in [-0.1, -0.05) is 0 Å². The van der Waals surface area contributed by atoms with Crippen LogP contribution >= 0.6 is 15.2 Å². The Kier molecular flexibility index (Phi) is 4.00. The molecule has 0 saturated carbocycles. The molecule has 9 nitrogen and oxygen atoms in total. The summed E-state index contributed by atoms with van der Waals surface area (Å²) in [5.41, 5.74) is 0. The molecular formula is C7H12NO8P2+. The van der Waals surface area contributed by atoms with E-state index in [1.165, 1.54) is 18.3 Å². The Hall–Kier alpha value is -0.790. The maximum absolute atomic E-state index is 11.1. The summed E-state index contributed by atoms with van der Waals surface area (Å²) < 4.78 is 23.0. The van der Waals surface area contributed by atoms with Gasteiger partial charge in [0.05, 0.1) is 0 Å². The molecule has 0 spiro atoms. The Morgan fingerprint density at radius 3 is 2.06 bits per heavy atom. The van der Waals surface area contributed by atoms with Gasteiger partial charge in [-0.25, -0.2) is 0 Å². The van der Waals surface area contributed by atoms with E-state index >= 15 is 0 Å². The van der Waals surface area contributed by atoms with Gasteiger partial charge in [0.2, 0.25) is 12.7 Å². The number of aromatic hydroxyl groups is 1. The van der Waals surface area contributed by atoms with Crippen molar-refractivity contribution in [3.8, 4) is 5.75 Å². The quantitative estimate of drug-likeness (QED) is 0.295. The van der Waals surface area contributed by atoms with E-state index in [9.17, 15) is 14.2 Å². The third-order valence-corrected chi connectivity index (χ3v) is 5.88. The van der Waals surface area contributed by atoms with E-state index in [-0.39, 0.29) is 5.75 Å². The Morgan fingerprint density at radius 2 is 1.67 bits per heavy atom. The summed E-state index contributed by atoms with van der Waals surface area (Å²) in [6.07, 6.45) is 2.13. The van der Waals surface area contributed by atoms with Gasteiger partial charge in [0, 0.05) is 6.07 Å². The van der Waals surface area contributed by atoms with E-state index in [0.29, 0.717) is 0 Å². The summed E-state index contributed by atoms with van der Waals surface area (Å²) in [7, 11) is -11.0. The SMILES string of the molecule is O=P(O)(O)C(O)(C[n+]1cccc(O)c1)P(=O)(O)O.